The van der Waals surface area contributed by atoms with Gasteiger partial charge in [-0.05, 0) is 84.5 Å². The average Bonchev–Trinajstić information content (AvgIpc) is 2.67. The summed E-state index contributed by atoms with van der Waals surface area (Å²) < 4.78 is 0. The monoisotopic (exact) mass is 387 g/mol. The molecule has 4 saturated carbocycles. The Bertz CT molecular complexity index is 892. The van der Waals surface area contributed by atoms with Gasteiger partial charge in [-0.1, -0.05) is 63.2 Å². The summed E-state index contributed by atoms with van der Waals surface area (Å²) in [5, 5.41) is 3.08. The maximum absolute atomic E-state index is 12.3. The van der Waals surface area contributed by atoms with Gasteiger partial charge in [0, 0.05) is 11.1 Å². The van der Waals surface area contributed by atoms with Crippen molar-refractivity contribution < 1.29 is 4.79 Å². The summed E-state index contributed by atoms with van der Waals surface area (Å²) in [5.41, 5.74) is 4.27. The minimum Gasteiger partial charge on any atom is -0.326 e. The Morgan fingerprint density at radius 1 is 0.828 bits per heavy atom. The molecule has 1 N–H and O–H groups in total. The van der Waals surface area contributed by atoms with Crippen LogP contribution in [0.1, 0.15) is 70.4 Å². The van der Waals surface area contributed by atoms with Gasteiger partial charge >= 0.3 is 0 Å². The van der Waals surface area contributed by atoms with Crippen molar-refractivity contribution in [3.8, 4) is 0 Å². The van der Waals surface area contributed by atoms with E-state index in [1.54, 1.807) is 5.56 Å². The normalized spacial score (nSPS) is 32.9. The first kappa shape index (κ1) is 18.9. The fourth-order valence-electron chi connectivity index (χ4n) is 6.96. The van der Waals surface area contributed by atoms with Gasteiger partial charge in [-0.25, -0.2) is 0 Å². The quantitative estimate of drug-likeness (QED) is 0.643. The number of carbonyl (C=O) groups excluding carboxylic acids is 1. The second-order valence-corrected chi connectivity index (χ2v) is 11.2. The highest BCUT2D eigenvalue weighted by molar-refractivity contribution is 5.94. The number of hydrogen-bond acceptors (Lipinski definition) is 1. The summed E-state index contributed by atoms with van der Waals surface area (Å²) in [4.78, 5) is 12.3. The number of rotatable bonds is 3. The highest BCUT2D eigenvalue weighted by Crippen LogP contribution is 2.66. The van der Waals surface area contributed by atoms with Crippen molar-refractivity contribution in [2.24, 2.45) is 17.3 Å². The van der Waals surface area contributed by atoms with Crippen LogP contribution in [0.2, 0.25) is 0 Å². The molecular weight excluding hydrogens is 354 g/mol. The molecule has 4 bridgehead atoms. The Hall–Kier alpha value is -2.09. The first-order valence-electron chi connectivity index (χ1n) is 11.3. The fourth-order valence-corrected chi connectivity index (χ4v) is 6.96. The number of amides is 1. The van der Waals surface area contributed by atoms with E-state index >= 15 is 0 Å². The molecule has 2 nitrogen and oxygen atoms in total. The van der Waals surface area contributed by atoms with Gasteiger partial charge in [0.25, 0.3) is 0 Å². The molecule has 0 saturated heterocycles. The van der Waals surface area contributed by atoms with E-state index in [4.69, 9.17) is 0 Å². The van der Waals surface area contributed by atoms with Crippen molar-refractivity contribution >= 4 is 11.6 Å². The van der Waals surface area contributed by atoms with Gasteiger partial charge in [-0.15, -0.1) is 0 Å². The molecule has 4 aliphatic rings. The highest BCUT2D eigenvalue weighted by Gasteiger charge is 2.58. The maximum atomic E-state index is 12.3. The van der Waals surface area contributed by atoms with Crippen LogP contribution in [0.4, 0.5) is 5.69 Å². The van der Waals surface area contributed by atoms with E-state index < -0.39 is 0 Å². The van der Waals surface area contributed by atoms with E-state index in [1.165, 1.54) is 44.1 Å². The molecule has 0 spiro atoms. The summed E-state index contributed by atoms with van der Waals surface area (Å²) in [6.45, 7) is 5.86. The average molecular weight is 388 g/mol. The van der Waals surface area contributed by atoms with Gasteiger partial charge in [0.1, 0.15) is 0 Å². The van der Waals surface area contributed by atoms with E-state index in [1.807, 2.05) is 20.8 Å². The minimum atomic E-state index is -0.374. The predicted octanol–water partition coefficient (Wildman–Crippen LogP) is 6.46. The lowest BCUT2D eigenvalue weighted by Gasteiger charge is -2.62. The Balaban J connectivity index is 1.44. The maximum Gasteiger partial charge on any atom is 0.229 e. The first-order valence-corrected chi connectivity index (χ1v) is 11.3. The van der Waals surface area contributed by atoms with Crippen LogP contribution in [0, 0.1) is 17.3 Å². The van der Waals surface area contributed by atoms with Crippen LogP contribution in [0.3, 0.4) is 0 Å². The third-order valence-corrected chi connectivity index (χ3v) is 7.88. The molecule has 0 aromatic heterocycles. The van der Waals surface area contributed by atoms with Crippen molar-refractivity contribution in [3.63, 3.8) is 0 Å². The van der Waals surface area contributed by atoms with Crippen LogP contribution in [0.15, 0.2) is 54.6 Å². The number of nitrogens with one attached hydrogen (secondary N) is 1. The van der Waals surface area contributed by atoms with E-state index in [0.29, 0.717) is 10.8 Å². The minimum absolute atomic E-state index is 0.0723. The number of hydrogen-bond donors (Lipinski definition) is 1. The zero-order valence-electron chi connectivity index (χ0n) is 18.0. The molecule has 29 heavy (non-hydrogen) atoms. The van der Waals surface area contributed by atoms with Gasteiger partial charge in [-0.3, -0.25) is 4.79 Å². The largest absolute Gasteiger partial charge is 0.326 e. The molecule has 0 aliphatic heterocycles. The molecule has 2 aromatic rings. The van der Waals surface area contributed by atoms with Crippen LogP contribution in [-0.2, 0) is 15.6 Å². The Kier molecular flexibility index (Phi) is 4.21. The lowest BCUT2D eigenvalue weighted by atomic mass is 9.42. The van der Waals surface area contributed by atoms with Crippen LogP contribution >= 0.6 is 0 Å². The Morgan fingerprint density at radius 2 is 1.34 bits per heavy atom. The zero-order valence-corrected chi connectivity index (χ0v) is 18.0. The van der Waals surface area contributed by atoms with Crippen molar-refractivity contribution in [3.05, 3.63) is 65.7 Å². The second kappa shape index (κ2) is 6.45. The van der Waals surface area contributed by atoms with Gasteiger partial charge in [0.05, 0.1) is 0 Å². The third-order valence-electron chi connectivity index (χ3n) is 7.88. The van der Waals surface area contributed by atoms with E-state index in [9.17, 15) is 4.79 Å². The van der Waals surface area contributed by atoms with Crippen LogP contribution in [0.5, 0.6) is 0 Å². The van der Waals surface area contributed by atoms with E-state index in [0.717, 1.165) is 17.5 Å². The predicted molar refractivity (Wildman–Crippen MR) is 119 cm³/mol. The van der Waals surface area contributed by atoms with Crippen LogP contribution in [0.25, 0.3) is 0 Å². The number of anilines is 1. The highest BCUT2D eigenvalue weighted by atomic mass is 16.2. The number of benzene rings is 2. The lowest BCUT2D eigenvalue weighted by Crippen LogP contribution is -2.55. The molecule has 2 heteroatoms. The van der Waals surface area contributed by atoms with Gasteiger partial charge in [-0.2, -0.15) is 0 Å². The van der Waals surface area contributed by atoms with E-state index in [2.05, 4.69) is 59.9 Å². The second-order valence-electron chi connectivity index (χ2n) is 11.2. The molecule has 4 fully saturated rings. The Labute approximate surface area is 175 Å². The molecule has 2 atom stereocenters. The zero-order chi connectivity index (χ0) is 20.3. The summed E-state index contributed by atoms with van der Waals surface area (Å²) in [7, 11) is 0. The van der Waals surface area contributed by atoms with E-state index in [-0.39, 0.29) is 11.3 Å². The fraction of sp³-hybridized carbons (Fsp3) is 0.519. The van der Waals surface area contributed by atoms with Crippen molar-refractivity contribution in [2.45, 2.75) is 70.1 Å². The molecule has 0 unspecified atom stereocenters. The molecule has 2 aromatic carbocycles. The Morgan fingerprint density at radius 3 is 1.86 bits per heavy atom. The van der Waals surface area contributed by atoms with Crippen molar-refractivity contribution in [1.82, 2.24) is 0 Å². The summed E-state index contributed by atoms with van der Waals surface area (Å²) in [6, 6.07) is 20.1. The molecule has 0 heterocycles. The van der Waals surface area contributed by atoms with Gasteiger partial charge in [0.15, 0.2) is 0 Å². The van der Waals surface area contributed by atoms with Crippen molar-refractivity contribution in [2.75, 3.05) is 5.32 Å². The van der Waals surface area contributed by atoms with Crippen molar-refractivity contribution in [1.29, 1.82) is 0 Å². The molecular formula is C27H33NO. The standard InChI is InChI=1S/C27H33NO/c1-25(2,3)24(29)28-23-11-9-22(10-12-23)27-16-19-13-20(17-27)15-26(14-19,18-27)21-7-5-4-6-8-21/h4-12,19-20H,13-18H2,1-3H3,(H,28,29)/t19-,20-,26?,27?/m0/s1. The first-order chi connectivity index (χ1) is 13.8. The number of carbonyl (C=O) groups is 1. The molecule has 152 valence electrons. The summed E-state index contributed by atoms with van der Waals surface area (Å²) >= 11 is 0. The van der Waals surface area contributed by atoms with Gasteiger partial charge in [0.2, 0.25) is 5.91 Å². The SMILES string of the molecule is CC(C)(C)C(=O)Nc1ccc(C23C[C@H]4C[C@@H](CC(c5ccccc5)(C4)C2)C3)cc1. The summed E-state index contributed by atoms with van der Waals surface area (Å²) in [6.07, 6.45) is 8.13. The van der Waals surface area contributed by atoms with Crippen LogP contribution < -0.4 is 5.32 Å². The molecule has 6 rings (SSSR count). The topological polar surface area (TPSA) is 29.1 Å². The summed E-state index contributed by atoms with van der Waals surface area (Å²) in [5.74, 6) is 1.79. The third kappa shape index (κ3) is 3.21. The smallest absolute Gasteiger partial charge is 0.229 e. The molecule has 4 aliphatic carbocycles. The van der Waals surface area contributed by atoms with Gasteiger partial charge < -0.3 is 5.32 Å². The lowest BCUT2D eigenvalue weighted by molar-refractivity contribution is -0.123. The molecule has 0 radical (unpaired) electrons. The molecule has 1 amide bonds. The van der Waals surface area contributed by atoms with Crippen LogP contribution in [-0.4, -0.2) is 5.91 Å².